The van der Waals surface area contributed by atoms with E-state index in [2.05, 4.69) is 9.97 Å². The van der Waals surface area contributed by atoms with Crippen LogP contribution in [0.4, 0.5) is 5.69 Å². The average molecular weight is 259 g/mol. The normalized spacial score (nSPS) is 10.4. The number of nitrogens with one attached hydrogen (secondary N) is 1. The summed E-state index contributed by atoms with van der Waals surface area (Å²) in [5.41, 5.74) is 8.05. The fourth-order valence-corrected chi connectivity index (χ4v) is 1.72. The Balaban J connectivity index is 2.42. The van der Waals surface area contributed by atoms with Gasteiger partial charge in [0.15, 0.2) is 0 Å². The van der Waals surface area contributed by atoms with Gasteiger partial charge in [-0.1, -0.05) is 6.92 Å². The van der Waals surface area contributed by atoms with Gasteiger partial charge in [-0.2, -0.15) is 0 Å². The van der Waals surface area contributed by atoms with Crippen LogP contribution in [0.25, 0.3) is 11.1 Å². The van der Waals surface area contributed by atoms with Crippen LogP contribution in [-0.4, -0.2) is 16.6 Å². The van der Waals surface area contributed by atoms with Crippen molar-refractivity contribution >= 4 is 5.69 Å². The zero-order valence-electron chi connectivity index (χ0n) is 11.1. The van der Waals surface area contributed by atoms with Gasteiger partial charge in [-0.3, -0.25) is 9.78 Å². The molecule has 0 saturated heterocycles. The number of nitrogen functional groups attached to an aromatic ring is 1. The van der Waals surface area contributed by atoms with Crippen LogP contribution >= 0.6 is 0 Å². The number of aromatic amines is 1. The molecule has 0 atom stereocenters. The minimum atomic E-state index is -0.179. The Bertz CT molecular complexity index is 635. The van der Waals surface area contributed by atoms with E-state index in [-0.39, 0.29) is 5.56 Å². The van der Waals surface area contributed by atoms with E-state index in [1.54, 1.807) is 31.5 Å². The molecule has 0 spiro atoms. The standard InChI is InChI=1S/C14H17N3O2/c1-3-4-19-11-5-10(7-16-8-11)12-6-13(15)9(2)17-14(12)18/h5-8H,3-4,15H2,1-2H3,(H,17,18). The monoisotopic (exact) mass is 259 g/mol. The van der Waals surface area contributed by atoms with Gasteiger partial charge in [0.25, 0.3) is 5.56 Å². The van der Waals surface area contributed by atoms with Crippen LogP contribution in [0, 0.1) is 6.92 Å². The Morgan fingerprint density at radius 3 is 2.89 bits per heavy atom. The van der Waals surface area contributed by atoms with Gasteiger partial charge >= 0.3 is 0 Å². The highest BCUT2D eigenvalue weighted by atomic mass is 16.5. The molecule has 2 heterocycles. The van der Waals surface area contributed by atoms with E-state index in [0.717, 1.165) is 6.42 Å². The van der Waals surface area contributed by atoms with Gasteiger partial charge in [-0.05, 0) is 25.5 Å². The Morgan fingerprint density at radius 2 is 2.16 bits per heavy atom. The maximum Gasteiger partial charge on any atom is 0.256 e. The zero-order valence-corrected chi connectivity index (χ0v) is 11.1. The molecule has 0 unspecified atom stereocenters. The van der Waals surface area contributed by atoms with Crippen molar-refractivity contribution < 1.29 is 4.74 Å². The number of pyridine rings is 2. The van der Waals surface area contributed by atoms with E-state index < -0.39 is 0 Å². The fourth-order valence-electron chi connectivity index (χ4n) is 1.72. The minimum absolute atomic E-state index is 0.179. The predicted molar refractivity (Wildman–Crippen MR) is 75.2 cm³/mol. The van der Waals surface area contributed by atoms with Crippen LogP contribution in [0.3, 0.4) is 0 Å². The summed E-state index contributed by atoms with van der Waals surface area (Å²) in [6.45, 7) is 4.42. The molecule has 0 radical (unpaired) electrons. The van der Waals surface area contributed by atoms with E-state index in [0.29, 0.717) is 34.9 Å². The highest BCUT2D eigenvalue weighted by Gasteiger charge is 2.07. The average Bonchev–Trinajstić information content (AvgIpc) is 2.41. The number of rotatable bonds is 4. The van der Waals surface area contributed by atoms with E-state index in [1.165, 1.54) is 0 Å². The molecule has 5 heteroatoms. The third kappa shape index (κ3) is 2.93. The van der Waals surface area contributed by atoms with Gasteiger partial charge in [-0.25, -0.2) is 0 Å². The molecule has 5 nitrogen and oxygen atoms in total. The van der Waals surface area contributed by atoms with E-state index in [4.69, 9.17) is 10.5 Å². The lowest BCUT2D eigenvalue weighted by molar-refractivity contribution is 0.316. The maximum absolute atomic E-state index is 11.9. The van der Waals surface area contributed by atoms with Gasteiger partial charge in [0.1, 0.15) is 5.75 Å². The number of aromatic nitrogens is 2. The van der Waals surface area contributed by atoms with Crippen LogP contribution in [0.1, 0.15) is 19.0 Å². The molecule has 2 rings (SSSR count). The third-order valence-corrected chi connectivity index (χ3v) is 2.78. The Kier molecular flexibility index (Phi) is 3.85. The lowest BCUT2D eigenvalue weighted by atomic mass is 10.1. The highest BCUT2D eigenvalue weighted by Crippen LogP contribution is 2.22. The second kappa shape index (κ2) is 5.56. The molecular formula is C14H17N3O2. The number of hydrogen-bond donors (Lipinski definition) is 2. The highest BCUT2D eigenvalue weighted by molar-refractivity contribution is 5.67. The summed E-state index contributed by atoms with van der Waals surface area (Å²) in [6, 6.07) is 3.46. The topological polar surface area (TPSA) is 81.0 Å². The summed E-state index contributed by atoms with van der Waals surface area (Å²) in [5, 5.41) is 0. The summed E-state index contributed by atoms with van der Waals surface area (Å²) in [4.78, 5) is 18.7. The largest absolute Gasteiger partial charge is 0.492 e. The van der Waals surface area contributed by atoms with Crippen LogP contribution in [-0.2, 0) is 0 Å². The summed E-state index contributed by atoms with van der Waals surface area (Å²) in [6.07, 6.45) is 4.17. The molecule has 0 aliphatic rings. The second-order valence-electron chi connectivity index (χ2n) is 4.35. The molecule has 100 valence electrons. The fraction of sp³-hybridized carbons (Fsp3) is 0.286. The number of anilines is 1. The summed E-state index contributed by atoms with van der Waals surface area (Å²) >= 11 is 0. The van der Waals surface area contributed by atoms with Gasteiger partial charge in [0, 0.05) is 17.5 Å². The first kappa shape index (κ1) is 13.1. The SMILES string of the molecule is CCCOc1cncc(-c2cc(N)c(C)[nH]c2=O)c1. The van der Waals surface area contributed by atoms with E-state index >= 15 is 0 Å². The number of hydrogen-bond acceptors (Lipinski definition) is 4. The van der Waals surface area contributed by atoms with Crippen LogP contribution in [0.2, 0.25) is 0 Å². The van der Waals surface area contributed by atoms with Crippen molar-refractivity contribution in [3.63, 3.8) is 0 Å². The second-order valence-corrected chi connectivity index (χ2v) is 4.35. The molecular weight excluding hydrogens is 242 g/mol. The lowest BCUT2D eigenvalue weighted by Crippen LogP contribution is -2.12. The predicted octanol–water partition coefficient (Wildman–Crippen LogP) is 2.12. The molecule has 0 fully saturated rings. The summed E-state index contributed by atoms with van der Waals surface area (Å²) < 4.78 is 5.51. The Hall–Kier alpha value is -2.30. The molecule has 0 aliphatic heterocycles. The third-order valence-electron chi connectivity index (χ3n) is 2.78. The first-order chi connectivity index (χ1) is 9.11. The first-order valence-electron chi connectivity index (χ1n) is 6.19. The Morgan fingerprint density at radius 1 is 1.37 bits per heavy atom. The molecule has 2 aromatic heterocycles. The van der Waals surface area contributed by atoms with Crippen molar-refractivity contribution in [1.82, 2.24) is 9.97 Å². The molecule has 2 aromatic rings. The number of nitrogens with two attached hydrogens (primary N) is 1. The van der Waals surface area contributed by atoms with Crippen molar-refractivity contribution in [2.75, 3.05) is 12.3 Å². The van der Waals surface area contributed by atoms with Gasteiger partial charge in [0.05, 0.1) is 24.1 Å². The van der Waals surface area contributed by atoms with Gasteiger partial charge < -0.3 is 15.5 Å². The lowest BCUT2D eigenvalue weighted by Gasteiger charge is -2.07. The molecule has 0 bridgehead atoms. The van der Waals surface area contributed by atoms with E-state index in [9.17, 15) is 4.79 Å². The molecule has 3 N–H and O–H groups in total. The molecule has 0 amide bonds. The van der Waals surface area contributed by atoms with Gasteiger partial charge in [-0.15, -0.1) is 0 Å². The van der Waals surface area contributed by atoms with Crippen LogP contribution in [0.15, 0.2) is 29.3 Å². The number of nitrogens with zero attached hydrogens (tertiary/aromatic N) is 1. The van der Waals surface area contributed by atoms with Crippen molar-refractivity contribution in [3.05, 3.63) is 40.6 Å². The van der Waals surface area contributed by atoms with Crippen molar-refractivity contribution in [2.24, 2.45) is 0 Å². The molecule has 0 aromatic carbocycles. The number of aryl methyl sites for hydroxylation is 1. The smallest absolute Gasteiger partial charge is 0.256 e. The van der Waals surface area contributed by atoms with Gasteiger partial charge in [0.2, 0.25) is 0 Å². The van der Waals surface area contributed by atoms with Crippen molar-refractivity contribution in [1.29, 1.82) is 0 Å². The molecule has 19 heavy (non-hydrogen) atoms. The van der Waals surface area contributed by atoms with Crippen molar-refractivity contribution in [3.8, 4) is 16.9 Å². The van der Waals surface area contributed by atoms with E-state index in [1.807, 2.05) is 6.92 Å². The van der Waals surface area contributed by atoms with Crippen LogP contribution in [0.5, 0.6) is 5.75 Å². The Labute approximate surface area is 111 Å². The maximum atomic E-state index is 11.9. The van der Waals surface area contributed by atoms with Crippen LogP contribution < -0.4 is 16.0 Å². The zero-order chi connectivity index (χ0) is 13.8. The number of H-pyrrole nitrogens is 1. The summed E-state index contributed by atoms with van der Waals surface area (Å²) in [5.74, 6) is 0.651. The van der Waals surface area contributed by atoms with Crippen molar-refractivity contribution in [2.45, 2.75) is 20.3 Å². The number of ether oxygens (including phenoxy) is 1. The summed E-state index contributed by atoms with van der Waals surface area (Å²) in [7, 11) is 0. The first-order valence-corrected chi connectivity index (χ1v) is 6.19. The quantitative estimate of drug-likeness (QED) is 0.881. The minimum Gasteiger partial charge on any atom is -0.492 e. The molecule has 0 saturated carbocycles. The molecule has 0 aliphatic carbocycles.